The minimum atomic E-state index is -4.05. The van der Waals surface area contributed by atoms with Gasteiger partial charge in [-0.25, -0.2) is 0 Å². The van der Waals surface area contributed by atoms with E-state index in [-0.39, 0.29) is 11.9 Å². The van der Waals surface area contributed by atoms with Crippen LogP contribution in [0.3, 0.4) is 0 Å². The Morgan fingerprint density at radius 3 is 2.29 bits per heavy atom. The molecule has 0 aromatic heterocycles. The topological polar surface area (TPSA) is 66.8 Å². The summed E-state index contributed by atoms with van der Waals surface area (Å²) in [6, 6.07) is 0. The zero-order chi connectivity index (χ0) is 13.9. The molecule has 6 heteroatoms. The van der Waals surface area contributed by atoms with Crippen molar-refractivity contribution in [2.45, 2.75) is 32.4 Å². The Labute approximate surface area is 104 Å². The first-order valence-corrected chi connectivity index (χ1v) is 6.98. The third-order valence-corrected chi connectivity index (χ3v) is 3.90. The van der Waals surface area contributed by atoms with Crippen molar-refractivity contribution >= 4 is 10.1 Å². The van der Waals surface area contributed by atoms with Crippen LogP contribution in [0.15, 0.2) is 12.2 Å². The summed E-state index contributed by atoms with van der Waals surface area (Å²) in [5.74, 6) is -0.371. The lowest BCUT2D eigenvalue weighted by Crippen LogP contribution is -2.55. The molecule has 0 amide bonds. The highest BCUT2D eigenvalue weighted by Crippen LogP contribution is 2.22. The molecule has 2 unspecified atom stereocenters. The van der Waals surface area contributed by atoms with Gasteiger partial charge in [-0.15, -0.1) is 0 Å². The highest BCUT2D eigenvalue weighted by molar-refractivity contribution is 7.85. The fourth-order valence-electron chi connectivity index (χ4n) is 1.43. The molecule has 2 atom stereocenters. The molecule has 0 radical (unpaired) electrons. The van der Waals surface area contributed by atoms with Crippen LogP contribution in [0.4, 0.5) is 0 Å². The summed E-state index contributed by atoms with van der Waals surface area (Å²) < 4.78 is 36.7. The van der Waals surface area contributed by atoms with Gasteiger partial charge in [-0.05, 0) is 34.9 Å². The number of likely N-dealkylation sites (N-methyl/N-ethyl adjacent to an activating group) is 1. The van der Waals surface area contributed by atoms with Gasteiger partial charge < -0.3 is 9.64 Å². The molecule has 0 aromatic carbocycles. The van der Waals surface area contributed by atoms with E-state index in [1.165, 1.54) is 0 Å². The van der Waals surface area contributed by atoms with E-state index in [0.717, 1.165) is 5.57 Å². The molecular formula is C11H23NO4S. The fourth-order valence-corrected chi connectivity index (χ4v) is 2.66. The molecule has 17 heavy (non-hydrogen) atoms. The summed E-state index contributed by atoms with van der Waals surface area (Å²) in [4.78, 5) is 1.74. The van der Waals surface area contributed by atoms with E-state index in [1.54, 1.807) is 32.8 Å². The van der Waals surface area contributed by atoms with Gasteiger partial charge in [0.15, 0.2) is 0 Å². The van der Waals surface area contributed by atoms with E-state index in [9.17, 15) is 8.42 Å². The van der Waals surface area contributed by atoms with E-state index < -0.39 is 15.7 Å². The zero-order valence-electron chi connectivity index (χ0n) is 11.2. The minimum absolute atomic E-state index is 0.351. The summed E-state index contributed by atoms with van der Waals surface area (Å²) >= 11 is 0. The second-order valence-corrected chi connectivity index (χ2v) is 6.34. The molecule has 0 aliphatic carbocycles. The molecule has 0 bridgehead atoms. The van der Waals surface area contributed by atoms with Crippen molar-refractivity contribution in [3.05, 3.63) is 12.2 Å². The van der Waals surface area contributed by atoms with Gasteiger partial charge in [0.1, 0.15) is 0 Å². The van der Waals surface area contributed by atoms with Gasteiger partial charge in [0.05, 0.1) is 24.0 Å². The van der Waals surface area contributed by atoms with Crippen LogP contribution >= 0.6 is 0 Å². The number of ether oxygens (including phenoxy) is 1. The Morgan fingerprint density at radius 1 is 1.53 bits per heavy atom. The van der Waals surface area contributed by atoms with Gasteiger partial charge in [-0.1, -0.05) is 12.2 Å². The largest absolute Gasteiger partial charge is 0.372 e. The molecule has 0 fully saturated rings. The first kappa shape index (κ1) is 16.6. The standard InChI is InChI=1S/C11H23NO4S/c1-9(2)7-16-10(3)11(4,12(5)6)8-17(13,14)15/h10H,1,7-8H2,2-6H3,(H,13,14,15). The first-order valence-electron chi connectivity index (χ1n) is 5.37. The van der Waals surface area contributed by atoms with Crippen molar-refractivity contribution in [3.63, 3.8) is 0 Å². The predicted molar refractivity (Wildman–Crippen MR) is 68.7 cm³/mol. The number of hydrogen-bond acceptors (Lipinski definition) is 4. The molecule has 0 aliphatic rings. The Bertz CT molecular complexity index is 364. The second-order valence-electron chi connectivity index (χ2n) is 4.89. The number of rotatable bonds is 7. The van der Waals surface area contributed by atoms with E-state index >= 15 is 0 Å². The van der Waals surface area contributed by atoms with Crippen molar-refractivity contribution in [1.82, 2.24) is 4.90 Å². The van der Waals surface area contributed by atoms with Crippen LogP contribution in [-0.2, 0) is 14.9 Å². The van der Waals surface area contributed by atoms with Crippen LogP contribution < -0.4 is 0 Å². The third-order valence-electron chi connectivity index (χ3n) is 2.95. The molecule has 0 spiro atoms. The normalized spacial score (nSPS) is 17.8. The van der Waals surface area contributed by atoms with Crippen LogP contribution in [0, 0.1) is 0 Å². The van der Waals surface area contributed by atoms with Gasteiger partial charge in [-0.3, -0.25) is 4.55 Å². The van der Waals surface area contributed by atoms with Gasteiger partial charge in [0.25, 0.3) is 10.1 Å². The Balaban J connectivity index is 4.88. The van der Waals surface area contributed by atoms with E-state index in [1.807, 2.05) is 6.92 Å². The average Bonchev–Trinajstić information content (AvgIpc) is 2.10. The van der Waals surface area contributed by atoms with Crippen molar-refractivity contribution in [2.75, 3.05) is 26.5 Å². The van der Waals surface area contributed by atoms with Crippen molar-refractivity contribution in [1.29, 1.82) is 0 Å². The summed E-state index contributed by atoms with van der Waals surface area (Å²) in [5, 5.41) is 0. The smallest absolute Gasteiger partial charge is 0.266 e. The SMILES string of the molecule is C=C(C)COC(C)C(C)(CS(=O)(=O)O)N(C)C. The molecule has 0 heterocycles. The van der Waals surface area contributed by atoms with Crippen LogP contribution in [-0.4, -0.2) is 56.0 Å². The van der Waals surface area contributed by atoms with Crippen LogP contribution in [0.2, 0.25) is 0 Å². The van der Waals surface area contributed by atoms with E-state index in [0.29, 0.717) is 6.61 Å². The molecule has 0 saturated carbocycles. The van der Waals surface area contributed by atoms with Crippen LogP contribution in [0.25, 0.3) is 0 Å². The first-order chi connectivity index (χ1) is 7.49. The lowest BCUT2D eigenvalue weighted by atomic mass is 9.97. The number of hydrogen-bond donors (Lipinski definition) is 1. The van der Waals surface area contributed by atoms with Crippen molar-refractivity contribution in [3.8, 4) is 0 Å². The van der Waals surface area contributed by atoms with Crippen molar-refractivity contribution < 1.29 is 17.7 Å². The average molecular weight is 265 g/mol. The van der Waals surface area contributed by atoms with Crippen molar-refractivity contribution in [2.24, 2.45) is 0 Å². The van der Waals surface area contributed by atoms with Crippen LogP contribution in [0.1, 0.15) is 20.8 Å². The molecule has 102 valence electrons. The van der Waals surface area contributed by atoms with Gasteiger partial charge in [0, 0.05) is 0 Å². The monoisotopic (exact) mass is 265 g/mol. The second kappa shape index (κ2) is 5.95. The molecule has 1 N–H and O–H groups in total. The molecular weight excluding hydrogens is 242 g/mol. The maximum absolute atomic E-state index is 11.0. The summed E-state index contributed by atoms with van der Waals surface area (Å²) in [5.41, 5.74) is 0.0769. The highest BCUT2D eigenvalue weighted by atomic mass is 32.2. The fraction of sp³-hybridized carbons (Fsp3) is 0.818. The molecule has 0 rings (SSSR count). The van der Waals surface area contributed by atoms with E-state index in [2.05, 4.69) is 6.58 Å². The van der Waals surface area contributed by atoms with Crippen LogP contribution in [0.5, 0.6) is 0 Å². The summed E-state index contributed by atoms with van der Waals surface area (Å²) in [7, 11) is -0.543. The third kappa shape index (κ3) is 5.63. The maximum Gasteiger partial charge on any atom is 0.266 e. The highest BCUT2D eigenvalue weighted by Gasteiger charge is 2.38. The quantitative estimate of drug-likeness (QED) is 0.553. The Morgan fingerprint density at radius 2 is 2.00 bits per heavy atom. The lowest BCUT2D eigenvalue weighted by Gasteiger charge is -2.40. The lowest BCUT2D eigenvalue weighted by molar-refractivity contribution is -0.0197. The number of nitrogens with zero attached hydrogens (tertiary/aromatic N) is 1. The molecule has 0 saturated heterocycles. The van der Waals surface area contributed by atoms with Gasteiger partial charge in [-0.2, -0.15) is 8.42 Å². The van der Waals surface area contributed by atoms with Gasteiger partial charge in [0.2, 0.25) is 0 Å². The molecule has 0 aliphatic heterocycles. The minimum Gasteiger partial charge on any atom is -0.372 e. The maximum atomic E-state index is 11.0. The zero-order valence-corrected chi connectivity index (χ0v) is 12.0. The summed E-state index contributed by atoms with van der Waals surface area (Å²) in [6.07, 6.45) is -0.351. The van der Waals surface area contributed by atoms with E-state index in [4.69, 9.17) is 9.29 Å². The predicted octanol–water partition coefficient (Wildman–Crippen LogP) is 1.18. The summed E-state index contributed by atoms with van der Waals surface area (Å²) in [6.45, 7) is 9.46. The van der Waals surface area contributed by atoms with Gasteiger partial charge >= 0.3 is 0 Å². The Hall–Kier alpha value is -0.430. The molecule has 5 nitrogen and oxygen atoms in total. The Kier molecular flexibility index (Phi) is 5.80. The molecule has 0 aromatic rings.